The second-order valence-electron chi connectivity index (χ2n) is 4.67. The van der Waals surface area contributed by atoms with Crippen molar-refractivity contribution in [3.8, 4) is 5.75 Å². The highest BCUT2D eigenvalue weighted by molar-refractivity contribution is 7.19. The van der Waals surface area contributed by atoms with Crippen LogP contribution in [0.4, 0.5) is 0 Å². The second kappa shape index (κ2) is 6.13. The lowest BCUT2D eigenvalue weighted by Crippen LogP contribution is -1.95. The maximum absolute atomic E-state index is 12.2. The van der Waals surface area contributed by atoms with E-state index >= 15 is 0 Å². The summed E-state index contributed by atoms with van der Waals surface area (Å²) in [6.45, 7) is 0. The van der Waals surface area contributed by atoms with Gasteiger partial charge in [0.25, 0.3) is 0 Å². The van der Waals surface area contributed by atoms with Crippen LogP contribution in [0.3, 0.4) is 0 Å². The zero-order valence-corrected chi connectivity index (χ0v) is 13.5. The Morgan fingerprint density at radius 1 is 1.14 bits per heavy atom. The van der Waals surface area contributed by atoms with Crippen molar-refractivity contribution in [2.24, 2.45) is 0 Å². The Bertz CT molecular complexity index is 864. The topological polar surface area (TPSA) is 37.3 Å². The summed E-state index contributed by atoms with van der Waals surface area (Å²) in [5, 5.41) is 11.4. The molecule has 5 heteroatoms. The third-order valence-corrected chi connectivity index (χ3v) is 4.72. The molecule has 0 aliphatic carbocycles. The molecule has 0 radical (unpaired) electrons. The minimum absolute atomic E-state index is 0.0612. The highest BCUT2D eigenvalue weighted by Gasteiger charge is 2.13. The van der Waals surface area contributed by atoms with E-state index in [9.17, 15) is 9.90 Å². The van der Waals surface area contributed by atoms with Crippen LogP contribution in [0, 0.1) is 0 Å². The van der Waals surface area contributed by atoms with Gasteiger partial charge in [-0.2, -0.15) is 0 Å². The van der Waals surface area contributed by atoms with E-state index in [4.69, 9.17) is 23.2 Å². The summed E-state index contributed by atoms with van der Waals surface area (Å²) in [5.74, 6) is -0.601. The van der Waals surface area contributed by atoms with Crippen molar-refractivity contribution in [3.63, 3.8) is 0 Å². The van der Waals surface area contributed by atoms with Crippen LogP contribution >= 0.6 is 34.5 Å². The summed E-state index contributed by atoms with van der Waals surface area (Å²) in [4.78, 5) is 13.2. The molecule has 0 amide bonds. The molecule has 3 aromatic rings. The van der Waals surface area contributed by atoms with Gasteiger partial charge in [0.05, 0.1) is 10.6 Å². The molecule has 2 nitrogen and oxygen atoms in total. The Morgan fingerprint density at radius 3 is 2.68 bits per heavy atom. The SMILES string of the molecule is O=C(/C=C/c1cc2ccccc2s1)c1cc(Cl)cc(Cl)c1O. The van der Waals surface area contributed by atoms with E-state index < -0.39 is 0 Å². The summed E-state index contributed by atoms with van der Waals surface area (Å²) in [6.07, 6.45) is 3.13. The van der Waals surface area contributed by atoms with Gasteiger partial charge in [0.1, 0.15) is 5.75 Å². The van der Waals surface area contributed by atoms with Crippen molar-refractivity contribution in [2.45, 2.75) is 0 Å². The molecule has 2 aromatic carbocycles. The molecule has 0 aliphatic heterocycles. The van der Waals surface area contributed by atoms with Crippen molar-refractivity contribution in [2.75, 3.05) is 0 Å². The summed E-state index contributed by atoms with van der Waals surface area (Å²) >= 11 is 13.3. The van der Waals surface area contributed by atoms with Crippen LogP contribution in [0.5, 0.6) is 5.75 Å². The van der Waals surface area contributed by atoms with Gasteiger partial charge in [0.15, 0.2) is 5.78 Å². The standard InChI is InChI=1S/C17H10Cl2O2S/c18-11-8-13(17(21)14(19)9-11)15(20)6-5-12-7-10-3-1-2-4-16(10)22-12/h1-9,21H/b6-5+. The normalized spacial score (nSPS) is 11.4. The number of carbonyl (C=O) groups is 1. The maximum atomic E-state index is 12.2. The van der Waals surface area contributed by atoms with E-state index in [0.717, 1.165) is 15.0 Å². The smallest absolute Gasteiger partial charge is 0.189 e. The minimum Gasteiger partial charge on any atom is -0.506 e. The number of phenols is 1. The summed E-state index contributed by atoms with van der Waals surface area (Å²) in [6, 6.07) is 12.8. The predicted octanol–water partition coefficient (Wildman–Crippen LogP) is 5.81. The lowest BCUT2D eigenvalue weighted by Gasteiger charge is -2.03. The van der Waals surface area contributed by atoms with Gasteiger partial charge in [-0.25, -0.2) is 0 Å². The summed E-state index contributed by atoms with van der Waals surface area (Å²) in [7, 11) is 0. The fourth-order valence-corrected chi connectivity index (χ4v) is 3.55. The average Bonchev–Trinajstić information content (AvgIpc) is 2.91. The average molecular weight is 349 g/mol. The fraction of sp³-hybridized carbons (Fsp3) is 0. The number of thiophene rings is 1. The number of aromatic hydroxyl groups is 1. The van der Waals surface area contributed by atoms with Crippen LogP contribution in [0.1, 0.15) is 15.2 Å². The number of hydrogen-bond acceptors (Lipinski definition) is 3. The van der Waals surface area contributed by atoms with Crippen LogP contribution in [0.25, 0.3) is 16.2 Å². The first kappa shape index (κ1) is 15.1. The molecule has 0 spiro atoms. The second-order valence-corrected chi connectivity index (χ2v) is 6.63. The van der Waals surface area contributed by atoms with Gasteiger partial charge in [0, 0.05) is 14.6 Å². The lowest BCUT2D eigenvalue weighted by atomic mass is 10.1. The van der Waals surface area contributed by atoms with Crippen molar-refractivity contribution >= 4 is 56.5 Å². The third-order valence-electron chi connectivity index (χ3n) is 3.14. The number of phenolic OH excluding ortho intramolecular Hbond substituents is 1. The van der Waals surface area contributed by atoms with E-state index in [0.29, 0.717) is 5.02 Å². The number of halogens is 2. The first-order valence-electron chi connectivity index (χ1n) is 6.43. The summed E-state index contributed by atoms with van der Waals surface area (Å²) in [5.41, 5.74) is 0.0925. The Morgan fingerprint density at radius 2 is 1.91 bits per heavy atom. The molecular formula is C17H10Cl2O2S. The number of hydrogen-bond donors (Lipinski definition) is 1. The first-order chi connectivity index (χ1) is 10.5. The molecular weight excluding hydrogens is 339 g/mol. The lowest BCUT2D eigenvalue weighted by molar-refractivity contribution is 0.104. The van der Waals surface area contributed by atoms with E-state index in [-0.39, 0.29) is 22.1 Å². The molecule has 1 heterocycles. The van der Waals surface area contributed by atoms with Crippen LogP contribution in [-0.2, 0) is 0 Å². The highest BCUT2D eigenvalue weighted by atomic mass is 35.5. The van der Waals surface area contributed by atoms with Crippen molar-refractivity contribution in [1.29, 1.82) is 0 Å². The van der Waals surface area contributed by atoms with Crippen LogP contribution in [0.15, 0.2) is 48.5 Å². The van der Waals surface area contributed by atoms with Crippen molar-refractivity contribution in [1.82, 2.24) is 0 Å². The maximum Gasteiger partial charge on any atom is 0.189 e. The Labute approximate surface area is 141 Å². The third kappa shape index (κ3) is 3.02. The van der Waals surface area contributed by atoms with E-state index in [1.165, 1.54) is 18.2 Å². The molecule has 0 atom stereocenters. The molecule has 22 heavy (non-hydrogen) atoms. The monoisotopic (exact) mass is 348 g/mol. The zero-order valence-electron chi connectivity index (χ0n) is 11.2. The van der Waals surface area contributed by atoms with Gasteiger partial charge < -0.3 is 5.11 Å². The van der Waals surface area contributed by atoms with Crippen molar-refractivity contribution in [3.05, 3.63) is 69.0 Å². The van der Waals surface area contributed by atoms with E-state index in [2.05, 4.69) is 0 Å². The van der Waals surface area contributed by atoms with Gasteiger partial charge >= 0.3 is 0 Å². The number of carbonyl (C=O) groups excluding carboxylic acids is 1. The Balaban J connectivity index is 1.90. The van der Waals surface area contributed by atoms with E-state index in [1.807, 2.05) is 30.3 Å². The molecule has 110 valence electrons. The quantitative estimate of drug-likeness (QED) is 0.479. The number of ketones is 1. The van der Waals surface area contributed by atoms with Crippen LogP contribution < -0.4 is 0 Å². The molecule has 0 unspecified atom stereocenters. The molecule has 3 rings (SSSR count). The number of rotatable bonds is 3. The first-order valence-corrected chi connectivity index (χ1v) is 8.01. The molecule has 0 fully saturated rings. The van der Waals surface area contributed by atoms with Crippen LogP contribution in [-0.4, -0.2) is 10.9 Å². The van der Waals surface area contributed by atoms with E-state index in [1.54, 1.807) is 17.4 Å². The zero-order chi connectivity index (χ0) is 15.7. The predicted molar refractivity (Wildman–Crippen MR) is 93.3 cm³/mol. The van der Waals surface area contributed by atoms with Gasteiger partial charge in [0.2, 0.25) is 0 Å². The number of fused-ring (bicyclic) bond motifs is 1. The molecule has 0 saturated heterocycles. The minimum atomic E-state index is -0.348. The number of benzene rings is 2. The molecule has 0 aliphatic rings. The fourth-order valence-electron chi connectivity index (χ4n) is 2.09. The van der Waals surface area contributed by atoms with Gasteiger partial charge in [-0.05, 0) is 41.8 Å². The van der Waals surface area contributed by atoms with Crippen molar-refractivity contribution < 1.29 is 9.90 Å². The van der Waals surface area contributed by atoms with Crippen LogP contribution in [0.2, 0.25) is 10.0 Å². The largest absolute Gasteiger partial charge is 0.506 e. The molecule has 1 aromatic heterocycles. The Kier molecular flexibility index (Phi) is 4.21. The molecule has 0 saturated carbocycles. The number of allylic oxidation sites excluding steroid dienone is 1. The molecule has 1 N–H and O–H groups in total. The molecule has 0 bridgehead atoms. The summed E-state index contributed by atoms with van der Waals surface area (Å²) < 4.78 is 1.16. The van der Waals surface area contributed by atoms with Gasteiger partial charge in [-0.1, -0.05) is 41.4 Å². The highest BCUT2D eigenvalue weighted by Crippen LogP contribution is 2.32. The Hall–Kier alpha value is -1.81. The van der Waals surface area contributed by atoms with Gasteiger partial charge in [-0.3, -0.25) is 4.79 Å². The van der Waals surface area contributed by atoms with Gasteiger partial charge in [-0.15, -0.1) is 11.3 Å².